The van der Waals surface area contributed by atoms with Gasteiger partial charge >= 0.3 is 5.97 Å². The van der Waals surface area contributed by atoms with E-state index in [1.54, 1.807) is 12.1 Å². The number of ether oxygens (including phenoxy) is 2. The number of rotatable bonds is 11. The van der Waals surface area contributed by atoms with Gasteiger partial charge in [-0.25, -0.2) is 14.2 Å². The Morgan fingerprint density at radius 2 is 1.95 bits per heavy atom. The average molecular weight is 552 g/mol. The van der Waals surface area contributed by atoms with Gasteiger partial charge in [-0.3, -0.25) is 4.79 Å². The topological polar surface area (TPSA) is 89.5 Å². The number of esters is 1. The van der Waals surface area contributed by atoms with E-state index in [0.717, 1.165) is 18.4 Å². The van der Waals surface area contributed by atoms with Gasteiger partial charge in [-0.05, 0) is 48.3 Å². The molecular weight excluding hydrogens is 517 g/mol. The summed E-state index contributed by atoms with van der Waals surface area (Å²) in [6.45, 7) is 6.01. The standard InChI is InChI=1S/C30H34FN3O4S/c1-5-6-16-38-27(35)26(19(2)3)33-28(36)30(34-29-32-23-13-12-22(31)18-24(23)39-29)15-14-21(17-25(30)37-4)20-10-8-7-9-11-20/h7-15,17-19,21,26H,5-6,16H2,1-4H3,(H,32,34)(H,33,36)/t21?,26-,30?/m0/s1. The molecule has 39 heavy (non-hydrogen) atoms. The van der Waals surface area contributed by atoms with Crippen LogP contribution in [-0.4, -0.2) is 42.2 Å². The first kappa shape index (κ1) is 28.3. The highest BCUT2D eigenvalue weighted by Gasteiger charge is 2.46. The number of carbonyl (C=O) groups is 2. The molecule has 3 aromatic rings. The van der Waals surface area contributed by atoms with Crippen molar-refractivity contribution in [3.05, 3.63) is 83.9 Å². The van der Waals surface area contributed by atoms with Crippen molar-refractivity contribution in [3.63, 3.8) is 0 Å². The number of unbranched alkanes of at least 4 members (excludes halogenated alkanes) is 1. The maximum Gasteiger partial charge on any atom is 0.328 e. The monoisotopic (exact) mass is 551 g/mol. The molecule has 0 fully saturated rings. The van der Waals surface area contributed by atoms with Crippen LogP contribution in [0.3, 0.4) is 0 Å². The molecule has 0 aliphatic heterocycles. The molecular formula is C30H34FN3O4S. The number of hydrogen-bond donors (Lipinski definition) is 2. The van der Waals surface area contributed by atoms with Crippen molar-refractivity contribution in [1.82, 2.24) is 10.3 Å². The van der Waals surface area contributed by atoms with Crippen LogP contribution in [0.15, 0.2) is 72.5 Å². The molecule has 206 valence electrons. The summed E-state index contributed by atoms with van der Waals surface area (Å²) in [5, 5.41) is 6.56. The summed E-state index contributed by atoms with van der Waals surface area (Å²) in [6, 6.07) is 13.3. The highest BCUT2D eigenvalue weighted by Crippen LogP contribution is 2.37. The molecule has 1 aliphatic carbocycles. The van der Waals surface area contributed by atoms with E-state index in [1.807, 2.05) is 63.3 Å². The van der Waals surface area contributed by atoms with Crippen LogP contribution in [0.5, 0.6) is 0 Å². The number of amides is 1. The largest absolute Gasteiger partial charge is 0.498 e. The summed E-state index contributed by atoms with van der Waals surface area (Å²) in [6.07, 6.45) is 7.17. The number of nitrogens with zero attached hydrogens (tertiary/aromatic N) is 1. The van der Waals surface area contributed by atoms with Crippen LogP contribution < -0.4 is 10.6 Å². The predicted octanol–water partition coefficient (Wildman–Crippen LogP) is 5.95. The third kappa shape index (κ3) is 6.30. The Balaban J connectivity index is 1.71. The molecule has 4 rings (SSSR count). The van der Waals surface area contributed by atoms with Gasteiger partial charge in [0.2, 0.25) is 0 Å². The maximum absolute atomic E-state index is 14.1. The molecule has 0 saturated carbocycles. The van der Waals surface area contributed by atoms with E-state index in [1.165, 1.54) is 30.6 Å². The van der Waals surface area contributed by atoms with E-state index in [2.05, 4.69) is 15.6 Å². The first-order chi connectivity index (χ1) is 18.8. The van der Waals surface area contributed by atoms with Crippen LogP contribution in [0, 0.1) is 11.7 Å². The first-order valence-corrected chi connectivity index (χ1v) is 13.9. The van der Waals surface area contributed by atoms with Crippen molar-refractivity contribution in [2.75, 3.05) is 19.0 Å². The van der Waals surface area contributed by atoms with Crippen molar-refractivity contribution in [3.8, 4) is 0 Å². The predicted molar refractivity (Wildman–Crippen MR) is 152 cm³/mol. The Morgan fingerprint density at radius 3 is 2.64 bits per heavy atom. The number of hydrogen-bond acceptors (Lipinski definition) is 7. The number of carbonyl (C=O) groups excluding carboxylic acids is 2. The van der Waals surface area contributed by atoms with Gasteiger partial charge in [0.25, 0.3) is 5.91 Å². The minimum atomic E-state index is -1.51. The molecule has 2 unspecified atom stereocenters. The minimum absolute atomic E-state index is 0.131. The number of benzene rings is 2. The zero-order chi connectivity index (χ0) is 28.0. The Hall–Kier alpha value is -3.72. The molecule has 1 heterocycles. The number of thiazole rings is 1. The number of nitrogens with one attached hydrogen (secondary N) is 2. The van der Waals surface area contributed by atoms with Gasteiger partial charge in [-0.15, -0.1) is 0 Å². The maximum atomic E-state index is 14.1. The molecule has 1 amide bonds. The van der Waals surface area contributed by atoms with Gasteiger partial charge in [0.15, 0.2) is 10.7 Å². The SMILES string of the molecule is CCCCOC(=O)[C@@H](NC(=O)C1(Nc2nc3ccc(F)cc3s2)C=CC(c2ccccc2)C=C1OC)C(C)C. The summed E-state index contributed by atoms with van der Waals surface area (Å²) in [7, 11) is 1.50. The van der Waals surface area contributed by atoms with Gasteiger partial charge < -0.3 is 20.1 Å². The molecule has 1 aromatic heterocycles. The number of halogens is 1. The number of methoxy groups -OCH3 is 1. The molecule has 7 nitrogen and oxygen atoms in total. The number of allylic oxidation sites excluding steroid dienone is 2. The summed E-state index contributed by atoms with van der Waals surface area (Å²) >= 11 is 1.23. The Morgan fingerprint density at radius 1 is 1.18 bits per heavy atom. The van der Waals surface area contributed by atoms with Gasteiger partial charge in [-0.1, -0.05) is 74.9 Å². The van der Waals surface area contributed by atoms with Crippen LogP contribution in [0.2, 0.25) is 0 Å². The number of aromatic nitrogens is 1. The van der Waals surface area contributed by atoms with Gasteiger partial charge in [0, 0.05) is 5.92 Å². The van der Waals surface area contributed by atoms with Crippen molar-refractivity contribution in [1.29, 1.82) is 0 Å². The minimum Gasteiger partial charge on any atom is -0.498 e. The normalized spacial score (nSPS) is 19.4. The molecule has 1 aliphatic rings. The van der Waals surface area contributed by atoms with Crippen LogP contribution >= 0.6 is 11.3 Å². The van der Waals surface area contributed by atoms with E-state index in [9.17, 15) is 14.0 Å². The number of fused-ring (bicyclic) bond motifs is 1. The van der Waals surface area contributed by atoms with Gasteiger partial charge in [-0.2, -0.15) is 0 Å². The second kappa shape index (κ2) is 12.4. The molecule has 2 aromatic carbocycles. The fraction of sp³-hybridized carbons (Fsp3) is 0.367. The fourth-order valence-electron chi connectivity index (χ4n) is 4.42. The second-order valence-corrected chi connectivity index (χ2v) is 10.8. The average Bonchev–Trinajstić information content (AvgIpc) is 3.33. The van der Waals surface area contributed by atoms with Crippen LogP contribution in [-0.2, 0) is 19.1 Å². The lowest BCUT2D eigenvalue weighted by Crippen LogP contribution is -2.58. The molecule has 0 saturated heterocycles. The van der Waals surface area contributed by atoms with E-state index in [0.29, 0.717) is 27.7 Å². The number of anilines is 1. The second-order valence-electron chi connectivity index (χ2n) is 9.81. The summed E-state index contributed by atoms with van der Waals surface area (Å²) in [4.78, 5) is 31.6. The third-order valence-electron chi connectivity index (χ3n) is 6.64. The van der Waals surface area contributed by atoms with Gasteiger partial charge in [0.05, 0.1) is 23.9 Å². The lowest BCUT2D eigenvalue weighted by atomic mass is 9.83. The smallest absolute Gasteiger partial charge is 0.328 e. The van der Waals surface area contributed by atoms with Crippen molar-refractivity contribution in [2.24, 2.45) is 5.92 Å². The van der Waals surface area contributed by atoms with Crippen LogP contribution in [0.4, 0.5) is 9.52 Å². The van der Waals surface area contributed by atoms with E-state index >= 15 is 0 Å². The zero-order valence-electron chi connectivity index (χ0n) is 22.6. The Bertz CT molecular complexity index is 1370. The summed E-state index contributed by atoms with van der Waals surface area (Å²) < 4.78 is 25.7. The molecule has 0 bridgehead atoms. The van der Waals surface area contributed by atoms with Crippen LogP contribution in [0.25, 0.3) is 10.2 Å². The zero-order valence-corrected chi connectivity index (χ0v) is 23.4. The first-order valence-electron chi connectivity index (χ1n) is 13.1. The van der Waals surface area contributed by atoms with Crippen molar-refractivity contribution < 1.29 is 23.5 Å². The van der Waals surface area contributed by atoms with E-state index in [4.69, 9.17) is 9.47 Å². The highest BCUT2D eigenvalue weighted by molar-refractivity contribution is 7.22. The lowest BCUT2D eigenvalue weighted by molar-refractivity contribution is -0.149. The Labute approximate surface area is 232 Å². The van der Waals surface area contributed by atoms with Crippen molar-refractivity contribution >= 4 is 38.6 Å². The van der Waals surface area contributed by atoms with Crippen molar-refractivity contribution in [2.45, 2.75) is 51.1 Å². The van der Waals surface area contributed by atoms with Crippen LogP contribution in [0.1, 0.15) is 45.1 Å². The summed E-state index contributed by atoms with van der Waals surface area (Å²) in [5.74, 6) is -1.34. The lowest BCUT2D eigenvalue weighted by Gasteiger charge is -2.36. The highest BCUT2D eigenvalue weighted by atomic mass is 32.1. The van der Waals surface area contributed by atoms with E-state index < -0.39 is 23.5 Å². The fourth-order valence-corrected chi connectivity index (χ4v) is 5.37. The van der Waals surface area contributed by atoms with E-state index in [-0.39, 0.29) is 17.7 Å². The van der Waals surface area contributed by atoms with Gasteiger partial charge in [0.1, 0.15) is 17.6 Å². The molecule has 0 radical (unpaired) electrons. The molecule has 2 N–H and O–H groups in total. The Kier molecular flexibility index (Phi) is 9.01. The quantitative estimate of drug-likeness (QED) is 0.174. The summed E-state index contributed by atoms with van der Waals surface area (Å²) in [5.41, 5.74) is 0.125. The molecule has 9 heteroatoms. The third-order valence-corrected chi connectivity index (χ3v) is 7.57. The molecule has 0 spiro atoms. The molecule has 3 atom stereocenters.